The first-order valence-electron chi connectivity index (χ1n) is 9.05. The number of anilines is 2. The average Bonchev–Trinajstić information content (AvgIpc) is 3.23. The van der Waals surface area contributed by atoms with E-state index in [1.165, 1.54) is 6.26 Å². The van der Waals surface area contributed by atoms with Crippen molar-refractivity contribution in [3.63, 3.8) is 0 Å². The molecule has 2 aromatic rings. The van der Waals surface area contributed by atoms with Crippen LogP contribution in [0.3, 0.4) is 0 Å². The molecule has 0 atom stereocenters. The van der Waals surface area contributed by atoms with Gasteiger partial charge in [-0.05, 0) is 25.2 Å². The highest BCUT2D eigenvalue weighted by Crippen LogP contribution is 2.18. The van der Waals surface area contributed by atoms with Gasteiger partial charge in [-0.15, -0.1) is 0 Å². The van der Waals surface area contributed by atoms with E-state index in [1.54, 1.807) is 12.1 Å². The molecule has 0 saturated carbocycles. The first kappa shape index (κ1) is 16.8. The summed E-state index contributed by atoms with van der Waals surface area (Å²) >= 11 is 0. The van der Waals surface area contributed by atoms with Crippen molar-refractivity contribution in [1.29, 1.82) is 0 Å². The van der Waals surface area contributed by atoms with E-state index in [-0.39, 0.29) is 5.91 Å². The van der Waals surface area contributed by atoms with Crippen molar-refractivity contribution in [3.8, 4) is 0 Å². The molecule has 0 N–H and O–H groups in total. The summed E-state index contributed by atoms with van der Waals surface area (Å²) < 4.78 is 5.21. The molecule has 0 bridgehead atoms. The Bertz CT molecular complexity index is 734. The van der Waals surface area contributed by atoms with Gasteiger partial charge in [0, 0.05) is 58.6 Å². The van der Waals surface area contributed by atoms with Gasteiger partial charge >= 0.3 is 0 Å². The number of carbonyl (C=O) groups is 1. The Morgan fingerprint density at radius 2 is 1.73 bits per heavy atom. The highest BCUT2D eigenvalue weighted by molar-refractivity contribution is 5.91. The van der Waals surface area contributed by atoms with Gasteiger partial charge < -0.3 is 24.0 Å². The summed E-state index contributed by atoms with van der Waals surface area (Å²) in [4.78, 5) is 30.2. The van der Waals surface area contributed by atoms with Crippen LogP contribution in [0.1, 0.15) is 10.6 Å². The molecular formula is C18H24N6O2. The van der Waals surface area contributed by atoms with Crippen molar-refractivity contribution in [1.82, 2.24) is 19.8 Å². The number of piperazine rings is 2. The van der Waals surface area contributed by atoms with Gasteiger partial charge in [-0.2, -0.15) is 4.98 Å². The van der Waals surface area contributed by atoms with Gasteiger partial charge in [0.05, 0.1) is 6.26 Å². The Kier molecular flexibility index (Phi) is 4.75. The molecule has 2 aliphatic rings. The maximum absolute atomic E-state index is 12.4. The molecule has 0 aromatic carbocycles. The summed E-state index contributed by atoms with van der Waals surface area (Å²) in [6.45, 7) is 6.79. The van der Waals surface area contributed by atoms with Crippen LogP contribution >= 0.6 is 0 Å². The number of hydrogen-bond acceptors (Lipinski definition) is 7. The van der Waals surface area contributed by atoms with Crippen LogP contribution in [0.5, 0.6) is 0 Å². The molecule has 2 aliphatic heterocycles. The Morgan fingerprint density at radius 1 is 1.00 bits per heavy atom. The van der Waals surface area contributed by atoms with Crippen LogP contribution in [-0.2, 0) is 0 Å². The summed E-state index contributed by atoms with van der Waals surface area (Å²) in [7, 11) is 2.15. The van der Waals surface area contributed by atoms with Crippen molar-refractivity contribution in [2.24, 2.45) is 0 Å². The zero-order valence-corrected chi connectivity index (χ0v) is 15.0. The maximum atomic E-state index is 12.4. The molecular weight excluding hydrogens is 332 g/mol. The fourth-order valence-electron chi connectivity index (χ4n) is 3.37. The van der Waals surface area contributed by atoms with Crippen molar-refractivity contribution in [2.45, 2.75) is 0 Å². The second kappa shape index (κ2) is 7.33. The quantitative estimate of drug-likeness (QED) is 0.805. The van der Waals surface area contributed by atoms with Crippen LogP contribution in [0, 0.1) is 0 Å². The molecule has 2 fully saturated rings. The third kappa shape index (κ3) is 3.50. The Morgan fingerprint density at radius 3 is 2.42 bits per heavy atom. The number of nitrogens with zero attached hydrogens (tertiary/aromatic N) is 6. The lowest BCUT2D eigenvalue weighted by atomic mass is 10.3. The van der Waals surface area contributed by atoms with Crippen LogP contribution in [0.2, 0.25) is 0 Å². The maximum Gasteiger partial charge on any atom is 0.289 e. The van der Waals surface area contributed by atoms with Gasteiger partial charge in [-0.25, -0.2) is 4.98 Å². The van der Waals surface area contributed by atoms with E-state index >= 15 is 0 Å². The third-order valence-corrected chi connectivity index (χ3v) is 5.04. The lowest BCUT2D eigenvalue weighted by molar-refractivity contribution is 0.0714. The van der Waals surface area contributed by atoms with Crippen LogP contribution in [-0.4, -0.2) is 85.1 Å². The molecule has 2 aromatic heterocycles. The van der Waals surface area contributed by atoms with Gasteiger partial charge in [-0.1, -0.05) is 0 Å². The fourth-order valence-corrected chi connectivity index (χ4v) is 3.37. The number of hydrogen-bond donors (Lipinski definition) is 0. The Balaban J connectivity index is 1.38. The van der Waals surface area contributed by atoms with Gasteiger partial charge in [0.15, 0.2) is 5.76 Å². The molecule has 4 heterocycles. The van der Waals surface area contributed by atoms with Crippen LogP contribution in [0.4, 0.5) is 11.8 Å². The minimum absolute atomic E-state index is 0.0539. The monoisotopic (exact) mass is 356 g/mol. The van der Waals surface area contributed by atoms with Crippen LogP contribution in [0.15, 0.2) is 35.1 Å². The minimum atomic E-state index is -0.0539. The molecule has 1 amide bonds. The summed E-state index contributed by atoms with van der Waals surface area (Å²) in [5.74, 6) is 2.07. The first-order valence-corrected chi connectivity index (χ1v) is 9.05. The van der Waals surface area contributed by atoms with E-state index in [9.17, 15) is 4.79 Å². The lowest BCUT2D eigenvalue weighted by Gasteiger charge is -2.36. The van der Waals surface area contributed by atoms with Crippen molar-refractivity contribution < 1.29 is 9.21 Å². The second-order valence-corrected chi connectivity index (χ2v) is 6.76. The first-order chi connectivity index (χ1) is 12.7. The molecule has 0 aliphatic carbocycles. The largest absolute Gasteiger partial charge is 0.459 e. The van der Waals surface area contributed by atoms with E-state index < -0.39 is 0 Å². The molecule has 8 nitrogen and oxygen atoms in total. The topological polar surface area (TPSA) is 69.0 Å². The zero-order valence-electron chi connectivity index (χ0n) is 15.0. The number of carbonyl (C=O) groups excluding carboxylic acids is 1. The highest BCUT2D eigenvalue weighted by atomic mass is 16.3. The standard InChI is InChI=1S/C18H24N6O2/c1-21-6-8-22(9-7-21)16-4-5-19-18(20-16)24-12-10-23(11-13-24)17(25)15-3-2-14-26-15/h2-5,14H,6-13H2,1H3. The molecule has 26 heavy (non-hydrogen) atoms. The van der Waals surface area contributed by atoms with Crippen molar-refractivity contribution in [2.75, 3.05) is 69.2 Å². The molecule has 4 rings (SSSR count). The smallest absolute Gasteiger partial charge is 0.289 e. The molecule has 8 heteroatoms. The predicted octanol–water partition coefficient (Wildman–Crippen LogP) is 0.784. The van der Waals surface area contributed by atoms with E-state index in [0.717, 1.165) is 51.0 Å². The summed E-state index contributed by atoms with van der Waals surface area (Å²) in [5, 5.41) is 0. The van der Waals surface area contributed by atoms with Crippen molar-refractivity contribution in [3.05, 3.63) is 36.4 Å². The van der Waals surface area contributed by atoms with Gasteiger partial charge in [0.25, 0.3) is 5.91 Å². The predicted molar refractivity (Wildman–Crippen MR) is 98.6 cm³/mol. The summed E-state index contributed by atoms with van der Waals surface area (Å²) in [6.07, 6.45) is 3.36. The zero-order chi connectivity index (χ0) is 17.9. The van der Waals surface area contributed by atoms with Crippen LogP contribution < -0.4 is 9.80 Å². The number of amides is 1. The lowest BCUT2D eigenvalue weighted by Crippen LogP contribution is -2.49. The third-order valence-electron chi connectivity index (χ3n) is 5.04. The molecule has 2 saturated heterocycles. The minimum Gasteiger partial charge on any atom is -0.459 e. The second-order valence-electron chi connectivity index (χ2n) is 6.76. The number of rotatable bonds is 3. The van der Waals surface area contributed by atoms with E-state index in [1.807, 2.05) is 17.2 Å². The molecule has 138 valence electrons. The summed E-state index contributed by atoms with van der Waals surface area (Å²) in [5.41, 5.74) is 0. The summed E-state index contributed by atoms with van der Waals surface area (Å²) in [6, 6.07) is 5.42. The number of aromatic nitrogens is 2. The number of likely N-dealkylation sites (N-methyl/N-ethyl adjacent to an activating group) is 1. The molecule has 0 spiro atoms. The molecule has 0 radical (unpaired) electrons. The van der Waals surface area contributed by atoms with Gasteiger partial charge in [0.2, 0.25) is 5.95 Å². The Hall–Kier alpha value is -2.61. The Labute approximate surface area is 153 Å². The van der Waals surface area contributed by atoms with Crippen molar-refractivity contribution >= 4 is 17.7 Å². The van der Waals surface area contributed by atoms with Crippen LogP contribution in [0.25, 0.3) is 0 Å². The van der Waals surface area contributed by atoms with E-state index in [4.69, 9.17) is 9.40 Å². The fraction of sp³-hybridized carbons (Fsp3) is 0.500. The van der Waals surface area contributed by atoms with E-state index in [2.05, 4.69) is 26.7 Å². The number of furan rings is 1. The van der Waals surface area contributed by atoms with Gasteiger partial charge in [0.1, 0.15) is 5.82 Å². The van der Waals surface area contributed by atoms with Gasteiger partial charge in [-0.3, -0.25) is 4.79 Å². The average molecular weight is 356 g/mol. The SMILES string of the molecule is CN1CCN(c2ccnc(N3CCN(C(=O)c4ccco4)CC3)n2)CC1. The van der Waals surface area contributed by atoms with E-state index in [0.29, 0.717) is 18.8 Å². The highest BCUT2D eigenvalue weighted by Gasteiger charge is 2.25. The normalized spacial score (nSPS) is 19.0. The molecule has 0 unspecified atom stereocenters.